The molecular formula is C23H21ClN2O5. The molecule has 0 bridgehead atoms. The van der Waals surface area contributed by atoms with Gasteiger partial charge >= 0.3 is 0 Å². The maximum Gasteiger partial charge on any atom is 0.271 e. The fourth-order valence-corrected chi connectivity index (χ4v) is 4.22. The van der Waals surface area contributed by atoms with Crippen LogP contribution in [0.2, 0.25) is 5.02 Å². The number of aromatic nitrogens is 1. The average molecular weight is 441 g/mol. The summed E-state index contributed by atoms with van der Waals surface area (Å²) in [6.07, 6.45) is 1.32. The van der Waals surface area contributed by atoms with Crippen molar-refractivity contribution in [1.29, 1.82) is 5.26 Å². The van der Waals surface area contributed by atoms with Gasteiger partial charge < -0.3 is 14.3 Å². The fourth-order valence-electron chi connectivity index (χ4n) is 4.06. The molecule has 0 radical (unpaired) electrons. The normalized spacial score (nSPS) is 16.0. The Balaban J connectivity index is 1.90. The molecule has 1 atom stereocenters. The SMILES string of the molecule is Cc1cc2oc(C(=O)c3c(C)c(C#N)c(=O)n(CC4CCCO4)c3O)c(C)c2cc1Cl. The summed E-state index contributed by atoms with van der Waals surface area (Å²) in [5.74, 6) is -1.06. The highest BCUT2D eigenvalue weighted by Crippen LogP contribution is 2.34. The predicted octanol–water partition coefficient (Wildman–Crippen LogP) is 4.16. The van der Waals surface area contributed by atoms with E-state index in [1.165, 1.54) is 6.92 Å². The number of aromatic hydroxyl groups is 1. The summed E-state index contributed by atoms with van der Waals surface area (Å²) in [5.41, 5.74) is 1.02. The van der Waals surface area contributed by atoms with Crippen molar-refractivity contribution in [3.63, 3.8) is 0 Å². The van der Waals surface area contributed by atoms with E-state index in [2.05, 4.69) is 0 Å². The average Bonchev–Trinajstić information content (AvgIpc) is 3.34. The van der Waals surface area contributed by atoms with Crippen LogP contribution in [0.3, 0.4) is 0 Å². The number of nitrogens with zero attached hydrogens (tertiary/aromatic N) is 2. The number of furan rings is 1. The van der Waals surface area contributed by atoms with E-state index in [4.69, 9.17) is 20.8 Å². The van der Waals surface area contributed by atoms with E-state index < -0.39 is 17.2 Å². The Hall–Kier alpha value is -3.08. The highest BCUT2D eigenvalue weighted by molar-refractivity contribution is 6.32. The molecule has 1 saturated heterocycles. The van der Waals surface area contributed by atoms with E-state index in [0.29, 0.717) is 28.2 Å². The van der Waals surface area contributed by atoms with Crippen LogP contribution in [0.4, 0.5) is 0 Å². The highest BCUT2D eigenvalue weighted by Gasteiger charge is 2.30. The lowest BCUT2D eigenvalue weighted by atomic mass is 9.98. The first-order valence-corrected chi connectivity index (χ1v) is 10.3. The van der Waals surface area contributed by atoms with Crippen LogP contribution in [0.5, 0.6) is 5.88 Å². The molecule has 1 unspecified atom stereocenters. The molecular weight excluding hydrogens is 420 g/mol. The molecule has 3 aromatic rings. The Morgan fingerprint density at radius 3 is 2.71 bits per heavy atom. The molecule has 31 heavy (non-hydrogen) atoms. The lowest BCUT2D eigenvalue weighted by molar-refractivity contribution is 0.0926. The van der Waals surface area contributed by atoms with Crippen LogP contribution in [0.1, 0.15) is 51.2 Å². The van der Waals surface area contributed by atoms with Crippen LogP contribution in [0, 0.1) is 32.1 Å². The number of hydrogen-bond acceptors (Lipinski definition) is 6. The van der Waals surface area contributed by atoms with Gasteiger partial charge in [0.2, 0.25) is 11.7 Å². The van der Waals surface area contributed by atoms with E-state index in [0.717, 1.165) is 23.0 Å². The van der Waals surface area contributed by atoms with Crippen LogP contribution < -0.4 is 5.56 Å². The Bertz CT molecular complexity index is 1320. The Labute approximate surface area is 183 Å². The van der Waals surface area contributed by atoms with Crippen molar-refractivity contribution in [3.8, 4) is 11.9 Å². The molecule has 0 spiro atoms. The van der Waals surface area contributed by atoms with Crippen molar-refractivity contribution in [2.45, 2.75) is 46.3 Å². The lowest BCUT2D eigenvalue weighted by Crippen LogP contribution is -2.30. The molecule has 0 amide bonds. The van der Waals surface area contributed by atoms with E-state index in [1.807, 2.05) is 13.0 Å². The number of pyridine rings is 1. The van der Waals surface area contributed by atoms with Gasteiger partial charge in [-0.2, -0.15) is 5.26 Å². The van der Waals surface area contributed by atoms with Gasteiger partial charge in [0.25, 0.3) is 5.56 Å². The standard InChI is InChI=1S/C23H21ClN2O5/c1-11-7-18-15(8-17(11)24)13(3)21(31-18)20(27)19-12(2)16(9-25)22(28)26(23(19)29)10-14-5-4-6-30-14/h7-8,14,29H,4-6,10H2,1-3H3. The number of fused-ring (bicyclic) bond motifs is 1. The molecule has 2 aromatic heterocycles. The van der Waals surface area contributed by atoms with Crippen LogP contribution in [0.15, 0.2) is 21.3 Å². The van der Waals surface area contributed by atoms with Gasteiger partial charge in [0.1, 0.15) is 17.2 Å². The van der Waals surface area contributed by atoms with Gasteiger partial charge in [-0.25, -0.2) is 0 Å². The van der Waals surface area contributed by atoms with Gasteiger partial charge in [-0.3, -0.25) is 14.2 Å². The van der Waals surface area contributed by atoms with Gasteiger partial charge in [0, 0.05) is 22.6 Å². The zero-order valence-corrected chi connectivity index (χ0v) is 18.2. The van der Waals surface area contributed by atoms with Crippen molar-refractivity contribution in [2.24, 2.45) is 0 Å². The number of carbonyl (C=O) groups excluding carboxylic acids is 1. The molecule has 1 aromatic carbocycles. The predicted molar refractivity (Wildman–Crippen MR) is 115 cm³/mol. The first kappa shape index (κ1) is 21.2. The first-order valence-electron chi connectivity index (χ1n) is 9.96. The second-order valence-corrected chi connectivity index (χ2v) is 8.25. The molecule has 1 aliphatic heterocycles. The minimum Gasteiger partial charge on any atom is -0.494 e. The van der Waals surface area contributed by atoms with E-state index in [1.54, 1.807) is 19.1 Å². The third-order valence-electron chi connectivity index (χ3n) is 5.86. The maximum atomic E-state index is 13.5. The van der Waals surface area contributed by atoms with Gasteiger partial charge in [-0.1, -0.05) is 11.6 Å². The number of benzene rings is 1. The number of halogens is 1. The smallest absolute Gasteiger partial charge is 0.271 e. The Morgan fingerprint density at radius 1 is 1.32 bits per heavy atom. The van der Waals surface area contributed by atoms with Crippen molar-refractivity contribution < 1.29 is 19.1 Å². The molecule has 8 heteroatoms. The zero-order chi connectivity index (χ0) is 22.4. The molecule has 0 aliphatic carbocycles. The van der Waals surface area contributed by atoms with Crippen LogP contribution >= 0.6 is 11.6 Å². The molecule has 3 heterocycles. The number of ketones is 1. The molecule has 160 valence electrons. The molecule has 4 rings (SSSR count). The monoisotopic (exact) mass is 440 g/mol. The molecule has 1 aliphatic rings. The quantitative estimate of drug-likeness (QED) is 0.610. The van der Waals surface area contributed by atoms with Crippen LogP contribution in [-0.4, -0.2) is 28.2 Å². The van der Waals surface area contributed by atoms with E-state index in [9.17, 15) is 20.0 Å². The van der Waals surface area contributed by atoms with E-state index in [-0.39, 0.29) is 35.1 Å². The summed E-state index contributed by atoms with van der Waals surface area (Å²) >= 11 is 6.22. The topological polar surface area (TPSA) is 105 Å². The third kappa shape index (κ3) is 3.42. The summed E-state index contributed by atoms with van der Waals surface area (Å²) in [6, 6.07) is 5.35. The van der Waals surface area contributed by atoms with Gasteiger partial charge in [0.05, 0.1) is 18.2 Å². The Morgan fingerprint density at radius 2 is 2.06 bits per heavy atom. The summed E-state index contributed by atoms with van der Waals surface area (Å²) < 4.78 is 12.4. The first-order chi connectivity index (χ1) is 14.7. The summed E-state index contributed by atoms with van der Waals surface area (Å²) in [5, 5.41) is 21.7. The molecule has 0 saturated carbocycles. The van der Waals surface area contributed by atoms with Crippen molar-refractivity contribution in [1.82, 2.24) is 4.57 Å². The van der Waals surface area contributed by atoms with Gasteiger partial charge in [-0.05, 0) is 56.9 Å². The second kappa shape index (κ2) is 7.88. The third-order valence-corrected chi connectivity index (χ3v) is 6.27. The van der Waals surface area contributed by atoms with Crippen LogP contribution in [-0.2, 0) is 11.3 Å². The highest BCUT2D eigenvalue weighted by atomic mass is 35.5. The summed E-state index contributed by atoms with van der Waals surface area (Å²) in [7, 11) is 0. The minimum atomic E-state index is -0.645. The number of nitriles is 1. The summed E-state index contributed by atoms with van der Waals surface area (Å²) in [4.78, 5) is 26.3. The summed E-state index contributed by atoms with van der Waals surface area (Å²) in [6.45, 7) is 5.67. The fraction of sp³-hybridized carbons (Fsp3) is 0.348. The number of aryl methyl sites for hydroxylation is 2. The van der Waals surface area contributed by atoms with Gasteiger partial charge in [0.15, 0.2) is 5.76 Å². The van der Waals surface area contributed by atoms with Crippen LogP contribution in [0.25, 0.3) is 11.0 Å². The van der Waals surface area contributed by atoms with Crippen molar-refractivity contribution >= 4 is 28.4 Å². The number of rotatable bonds is 4. The Kier molecular flexibility index (Phi) is 5.38. The number of carbonyl (C=O) groups is 1. The largest absolute Gasteiger partial charge is 0.494 e. The second-order valence-electron chi connectivity index (χ2n) is 7.84. The van der Waals surface area contributed by atoms with Crippen molar-refractivity contribution in [3.05, 3.63) is 61.1 Å². The maximum absolute atomic E-state index is 13.5. The molecule has 7 nitrogen and oxygen atoms in total. The zero-order valence-electron chi connectivity index (χ0n) is 17.4. The van der Waals surface area contributed by atoms with Crippen molar-refractivity contribution in [2.75, 3.05) is 6.61 Å². The minimum absolute atomic E-state index is 0.0290. The number of ether oxygens (including phenoxy) is 1. The van der Waals surface area contributed by atoms with E-state index >= 15 is 0 Å². The number of hydrogen-bond donors (Lipinski definition) is 1. The molecule has 1 N–H and O–H groups in total. The lowest BCUT2D eigenvalue weighted by Gasteiger charge is -2.17. The molecule has 1 fully saturated rings. The van der Waals surface area contributed by atoms with Gasteiger partial charge in [-0.15, -0.1) is 0 Å².